The highest BCUT2D eigenvalue weighted by Crippen LogP contribution is 2.52. The van der Waals surface area contributed by atoms with Gasteiger partial charge in [-0.3, -0.25) is 19.3 Å². The molecule has 0 spiro atoms. The number of β-lactam (4-membered cyclic amide) rings is 1. The molecule has 3 fully saturated rings. The van der Waals surface area contributed by atoms with Crippen molar-refractivity contribution in [3.8, 4) is 6.07 Å². The van der Waals surface area contributed by atoms with Crippen LogP contribution in [0.1, 0.15) is 12.0 Å². The molecular weight excluding hydrogens is 354 g/mol. The van der Waals surface area contributed by atoms with E-state index >= 15 is 0 Å². The summed E-state index contributed by atoms with van der Waals surface area (Å²) in [5, 5.41) is 12.1. The summed E-state index contributed by atoms with van der Waals surface area (Å²) in [5.74, 6) is -0.941. The number of hydrogen-bond acceptors (Lipinski definition) is 6. The molecule has 3 heterocycles. The number of carbonyl (C=O) groups excluding carboxylic acids is 3. The molecule has 0 saturated carbocycles. The normalized spacial score (nSPS) is 32.0. The Morgan fingerprint density at radius 2 is 2.15 bits per heavy atom. The fourth-order valence-corrected chi connectivity index (χ4v) is 5.39. The quantitative estimate of drug-likeness (QED) is 0.617. The van der Waals surface area contributed by atoms with Crippen LogP contribution in [0.2, 0.25) is 0 Å². The maximum absolute atomic E-state index is 12.6. The first-order valence-electron chi connectivity index (χ1n) is 8.43. The van der Waals surface area contributed by atoms with Gasteiger partial charge in [-0.2, -0.15) is 5.26 Å². The number of nitrogens with one attached hydrogen (secondary N) is 1. The summed E-state index contributed by atoms with van der Waals surface area (Å²) < 4.78 is 5.26. The van der Waals surface area contributed by atoms with Crippen LogP contribution in [0.4, 0.5) is 0 Å². The standard InChI is InChI=1S/C18H17N3O4S/c19-10-18-12(7-15(23)25-18)9-26-17-13(16(24)21(17)18)8-20-14(22)6-11-4-2-1-3-5-11/h1-5,12-13,17H,6-9H2,(H,20,22)/t12-,13+,17+,18-/m0/s1. The fourth-order valence-electron chi connectivity index (χ4n) is 3.76. The summed E-state index contributed by atoms with van der Waals surface area (Å²) in [7, 11) is 0. The zero-order valence-corrected chi connectivity index (χ0v) is 14.7. The van der Waals surface area contributed by atoms with E-state index in [-0.39, 0.29) is 42.5 Å². The van der Waals surface area contributed by atoms with Crippen LogP contribution in [0.5, 0.6) is 0 Å². The average Bonchev–Trinajstić information content (AvgIpc) is 2.97. The minimum atomic E-state index is -1.46. The van der Waals surface area contributed by atoms with E-state index in [0.717, 1.165) is 5.56 Å². The van der Waals surface area contributed by atoms with E-state index in [0.29, 0.717) is 5.75 Å². The second kappa shape index (κ2) is 6.32. The first kappa shape index (κ1) is 16.9. The lowest BCUT2D eigenvalue weighted by molar-refractivity contribution is -0.192. The van der Waals surface area contributed by atoms with Gasteiger partial charge >= 0.3 is 5.97 Å². The number of carbonyl (C=O) groups is 3. The molecule has 0 bridgehead atoms. The number of rotatable bonds is 4. The van der Waals surface area contributed by atoms with Gasteiger partial charge in [-0.1, -0.05) is 30.3 Å². The predicted molar refractivity (Wildman–Crippen MR) is 92.3 cm³/mol. The van der Waals surface area contributed by atoms with Crippen molar-refractivity contribution in [2.24, 2.45) is 11.8 Å². The molecule has 4 atom stereocenters. The smallest absolute Gasteiger partial charge is 0.309 e. The van der Waals surface area contributed by atoms with Gasteiger partial charge in [-0.25, -0.2) is 0 Å². The van der Waals surface area contributed by atoms with Gasteiger partial charge in [0.15, 0.2) is 0 Å². The number of esters is 1. The van der Waals surface area contributed by atoms with E-state index in [1.165, 1.54) is 4.90 Å². The zero-order chi connectivity index (χ0) is 18.3. The molecule has 8 heteroatoms. The lowest BCUT2D eigenvalue weighted by Crippen LogP contribution is -2.73. The third-order valence-electron chi connectivity index (χ3n) is 5.10. The molecule has 26 heavy (non-hydrogen) atoms. The van der Waals surface area contributed by atoms with Crippen molar-refractivity contribution in [2.45, 2.75) is 23.9 Å². The monoisotopic (exact) mass is 371 g/mol. The van der Waals surface area contributed by atoms with Gasteiger partial charge in [0.25, 0.3) is 5.72 Å². The molecule has 2 amide bonds. The molecule has 1 aromatic carbocycles. The number of nitrogens with zero attached hydrogens (tertiary/aromatic N) is 2. The van der Waals surface area contributed by atoms with Gasteiger partial charge in [-0.15, -0.1) is 11.8 Å². The SMILES string of the molecule is N#C[C@]12OC(=O)C[C@H]1CS[C@@H]1[C@H](CNC(=O)Cc3ccccc3)C(=O)N12. The van der Waals surface area contributed by atoms with Gasteiger partial charge in [0.2, 0.25) is 11.8 Å². The van der Waals surface area contributed by atoms with E-state index in [1.54, 1.807) is 11.8 Å². The number of benzene rings is 1. The number of hydrogen-bond donors (Lipinski definition) is 1. The Hall–Kier alpha value is -2.53. The van der Waals surface area contributed by atoms with Crippen LogP contribution in [0.3, 0.4) is 0 Å². The molecule has 134 valence electrons. The molecule has 7 nitrogen and oxygen atoms in total. The third kappa shape index (κ3) is 2.54. The van der Waals surface area contributed by atoms with Crippen LogP contribution in [0.25, 0.3) is 0 Å². The maximum Gasteiger partial charge on any atom is 0.309 e. The minimum Gasteiger partial charge on any atom is -0.424 e. The Labute approximate surface area is 154 Å². The largest absolute Gasteiger partial charge is 0.424 e. The Bertz CT molecular complexity index is 808. The summed E-state index contributed by atoms with van der Waals surface area (Å²) in [6.45, 7) is 0.221. The Morgan fingerprint density at radius 1 is 1.38 bits per heavy atom. The molecule has 3 saturated heterocycles. The molecule has 0 unspecified atom stereocenters. The highest BCUT2D eigenvalue weighted by molar-refractivity contribution is 8.00. The van der Waals surface area contributed by atoms with Crippen molar-refractivity contribution in [1.29, 1.82) is 5.26 Å². The van der Waals surface area contributed by atoms with Crippen molar-refractivity contribution in [1.82, 2.24) is 10.2 Å². The molecular formula is C18H17N3O4S. The first-order chi connectivity index (χ1) is 12.5. The van der Waals surface area contributed by atoms with Crippen LogP contribution < -0.4 is 5.32 Å². The van der Waals surface area contributed by atoms with Gasteiger partial charge in [-0.05, 0) is 5.56 Å². The second-order valence-electron chi connectivity index (χ2n) is 6.69. The van der Waals surface area contributed by atoms with E-state index in [4.69, 9.17) is 4.74 Å². The number of amides is 2. The molecule has 3 aliphatic heterocycles. The van der Waals surface area contributed by atoms with E-state index in [1.807, 2.05) is 30.3 Å². The molecule has 0 radical (unpaired) electrons. The van der Waals surface area contributed by atoms with Crippen molar-refractivity contribution in [3.63, 3.8) is 0 Å². The molecule has 4 rings (SSSR count). The number of thioether (sulfide) groups is 1. The number of ether oxygens (including phenoxy) is 1. The second-order valence-corrected chi connectivity index (χ2v) is 7.84. The predicted octanol–water partition coefficient (Wildman–Crippen LogP) is 0.660. The average molecular weight is 371 g/mol. The van der Waals surface area contributed by atoms with Crippen molar-refractivity contribution in [2.75, 3.05) is 12.3 Å². The molecule has 0 aliphatic carbocycles. The molecule has 0 aromatic heterocycles. The van der Waals surface area contributed by atoms with Crippen LogP contribution in [-0.4, -0.2) is 46.1 Å². The van der Waals surface area contributed by atoms with E-state index in [9.17, 15) is 19.6 Å². The summed E-state index contributed by atoms with van der Waals surface area (Å²) in [5.41, 5.74) is -0.558. The van der Waals surface area contributed by atoms with Crippen LogP contribution in [0.15, 0.2) is 30.3 Å². The Kier molecular flexibility index (Phi) is 4.11. The Balaban J connectivity index is 1.39. The van der Waals surface area contributed by atoms with Crippen LogP contribution >= 0.6 is 11.8 Å². The van der Waals surface area contributed by atoms with Crippen molar-refractivity contribution in [3.05, 3.63) is 35.9 Å². The van der Waals surface area contributed by atoms with Gasteiger partial charge < -0.3 is 10.1 Å². The van der Waals surface area contributed by atoms with Crippen LogP contribution in [0, 0.1) is 23.2 Å². The number of nitriles is 1. The molecule has 3 aliphatic rings. The van der Waals surface area contributed by atoms with Crippen molar-refractivity contribution < 1.29 is 19.1 Å². The summed E-state index contributed by atoms with van der Waals surface area (Å²) in [6, 6.07) is 11.4. The summed E-state index contributed by atoms with van der Waals surface area (Å²) in [6.07, 6.45) is 0.417. The number of fused-ring (bicyclic) bond motifs is 3. The van der Waals surface area contributed by atoms with E-state index < -0.39 is 17.6 Å². The summed E-state index contributed by atoms with van der Waals surface area (Å²) >= 11 is 1.54. The minimum absolute atomic E-state index is 0.150. The highest BCUT2D eigenvalue weighted by atomic mass is 32.2. The van der Waals surface area contributed by atoms with E-state index in [2.05, 4.69) is 11.4 Å². The lowest BCUT2D eigenvalue weighted by Gasteiger charge is -2.56. The topological polar surface area (TPSA) is 99.5 Å². The lowest BCUT2D eigenvalue weighted by atomic mass is 9.87. The Morgan fingerprint density at radius 3 is 2.88 bits per heavy atom. The highest BCUT2D eigenvalue weighted by Gasteiger charge is 2.67. The summed E-state index contributed by atoms with van der Waals surface area (Å²) in [4.78, 5) is 37.7. The van der Waals surface area contributed by atoms with Gasteiger partial charge in [0, 0.05) is 12.3 Å². The zero-order valence-electron chi connectivity index (χ0n) is 13.9. The third-order valence-corrected chi connectivity index (χ3v) is 6.58. The maximum atomic E-state index is 12.6. The van der Waals surface area contributed by atoms with Crippen molar-refractivity contribution >= 4 is 29.5 Å². The molecule has 1 aromatic rings. The van der Waals surface area contributed by atoms with Gasteiger partial charge in [0.1, 0.15) is 6.07 Å². The molecule has 1 N–H and O–H groups in total. The van der Waals surface area contributed by atoms with Crippen LogP contribution in [-0.2, 0) is 25.5 Å². The van der Waals surface area contributed by atoms with Gasteiger partial charge in [0.05, 0.1) is 30.1 Å². The fraction of sp³-hybridized carbons (Fsp3) is 0.444. The first-order valence-corrected chi connectivity index (χ1v) is 9.48.